The first-order chi connectivity index (χ1) is 9.50. The molecule has 0 amide bonds. The Hall–Kier alpha value is -0.170. The molecule has 1 aromatic rings. The Labute approximate surface area is 130 Å². The number of aromatic nitrogens is 1. The van der Waals surface area contributed by atoms with Crippen molar-refractivity contribution in [3.63, 3.8) is 0 Å². The average Bonchev–Trinajstić information content (AvgIpc) is 2.84. The quantitative estimate of drug-likeness (QED) is 0.591. The average molecular weight is 337 g/mol. The van der Waals surface area contributed by atoms with Gasteiger partial charge >= 0.3 is 0 Å². The molecule has 0 N–H and O–H groups in total. The summed E-state index contributed by atoms with van der Waals surface area (Å²) in [6, 6.07) is 0.150. The molecule has 114 valence electrons. The summed E-state index contributed by atoms with van der Waals surface area (Å²) in [5.41, 5.74) is 0.960. The van der Waals surface area contributed by atoms with Crippen molar-refractivity contribution < 1.29 is 8.42 Å². The summed E-state index contributed by atoms with van der Waals surface area (Å²) in [7, 11) is -2.80. The Morgan fingerprint density at radius 2 is 2.30 bits per heavy atom. The monoisotopic (exact) mass is 336 g/mol. The second-order valence-corrected chi connectivity index (χ2v) is 8.76. The van der Waals surface area contributed by atoms with Gasteiger partial charge in [-0.3, -0.25) is 4.90 Å². The molecule has 0 aromatic carbocycles. The van der Waals surface area contributed by atoms with Gasteiger partial charge in [-0.1, -0.05) is 0 Å². The van der Waals surface area contributed by atoms with Crippen LogP contribution < -0.4 is 0 Å². The third kappa shape index (κ3) is 4.69. The topological polar surface area (TPSA) is 50.3 Å². The van der Waals surface area contributed by atoms with Crippen LogP contribution in [0.15, 0.2) is 5.38 Å². The van der Waals surface area contributed by atoms with Crippen molar-refractivity contribution in [1.82, 2.24) is 9.88 Å². The highest BCUT2D eigenvalue weighted by Gasteiger charge is 2.27. The van der Waals surface area contributed by atoms with Crippen LogP contribution in [0.1, 0.15) is 30.5 Å². The van der Waals surface area contributed by atoms with Gasteiger partial charge in [0.1, 0.15) is 0 Å². The lowest BCUT2D eigenvalue weighted by atomic mass is 10.2. The van der Waals surface area contributed by atoms with Crippen molar-refractivity contribution in [3.05, 3.63) is 16.1 Å². The minimum absolute atomic E-state index is 0.150. The van der Waals surface area contributed by atoms with E-state index in [4.69, 9.17) is 11.6 Å². The van der Waals surface area contributed by atoms with Gasteiger partial charge in [-0.25, -0.2) is 13.4 Å². The highest BCUT2D eigenvalue weighted by molar-refractivity contribution is 7.91. The molecule has 2 heterocycles. The maximum Gasteiger partial charge on any atom is 0.153 e. The number of nitrogens with zero attached hydrogens (tertiary/aromatic N) is 2. The van der Waals surface area contributed by atoms with E-state index in [9.17, 15) is 8.42 Å². The molecule has 0 bridgehead atoms. The predicted octanol–water partition coefficient (Wildman–Crippen LogP) is 2.32. The molecule has 1 aliphatic rings. The second-order valence-electron chi connectivity index (χ2n) is 5.32. The van der Waals surface area contributed by atoms with Crippen molar-refractivity contribution in [2.24, 2.45) is 0 Å². The van der Waals surface area contributed by atoms with E-state index in [-0.39, 0.29) is 6.04 Å². The summed E-state index contributed by atoms with van der Waals surface area (Å²) in [6.07, 6.45) is 3.16. The zero-order valence-electron chi connectivity index (χ0n) is 11.7. The number of hydrogen-bond acceptors (Lipinski definition) is 5. The molecule has 1 atom stereocenters. The van der Waals surface area contributed by atoms with Crippen LogP contribution in [0.25, 0.3) is 0 Å². The van der Waals surface area contributed by atoms with Gasteiger partial charge in [0, 0.05) is 18.0 Å². The van der Waals surface area contributed by atoms with Crippen LogP contribution in [0.2, 0.25) is 0 Å². The maximum atomic E-state index is 11.5. The van der Waals surface area contributed by atoms with Gasteiger partial charge in [-0.2, -0.15) is 0 Å². The molecular weight excluding hydrogens is 316 g/mol. The summed E-state index contributed by atoms with van der Waals surface area (Å²) in [5.74, 6) is 1.09. The van der Waals surface area contributed by atoms with E-state index < -0.39 is 9.84 Å². The molecular formula is C13H21ClN2O2S2. The first kappa shape index (κ1) is 16.2. The minimum atomic E-state index is -2.80. The van der Waals surface area contributed by atoms with Crippen molar-refractivity contribution >= 4 is 32.8 Å². The van der Waals surface area contributed by atoms with Gasteiger partial charge in [0.2, 0.25) is 0 Å². The van der Waals surface area contributed by atoms with E-state index in [1.165, 1.54) is 0 Å². The number of sulfone groups is 1. The molecule has 2 rings (SSSR count). The molecule has 1 unspecified atom stereocenters. The number of rotatable bonds is 6. The van der Waals surface area contributed by atoms with Crippen molar-refractivity contribution in [2.45, 2.75) is 38.1 Å². The second kappa shape index (κ2) is 7.20. The van der Waals surface area contributed by atoms with Crippen LogP contribution in [0.3, 0.4) is 0 Å². The number of thiazole rings is 1. The van der Waals surface area contributed by atoms with Crippen LogP contribution in [0.5, 0.6) is 0 Å². The molecule has 0 radical (unpaired) electrons. The van der Waals surface area contributed by atoms with Crippen LogP contribution >= 0.6 is 22.9 Å². The third-order valence-electron chi connectivity index (χ3n) is 3.63. The van der Waals surface area contributed by atoms with E-state index in [1.54, 1.807) is 11.3 Å². The summed E-state index contributed by atoms with van der Waals surface area (Å²) < 4.78 is 23.0. The molecule has 1 saturated heterocycles. The molecule has 1 aromatic heterocycles. The Morgan fingerprint density at radius 3 is 2.95 bits per heavy atom. The number of aryl methyl sites for hydroxylation is 1. The Morgan fingerprint density at radius 1 is 1.50 bits per heavy atom. The van der Waals surface area contributed by atoms with Crippen LogP contribution in [0.4, 0.5) is 0 Å². The minimum Gasteiger partial charge on any atom is -0.299 e. The van der Waals surface area contributed by atoms with Crippen molar-refractivity contribution in [3.8, 4) is 0 Å². The molecule has 0 spiro atoms. The lowest BCUT2D eigenvalue weighted by Crippen LogP contribution is -2.47. The van der Waals surface area contributed by atoms with E-state index >= 15 is 0 Å². The predicted molar refractivity (Wildman–Crippen MR) is 84.3 cm³/mol. The van der Waals surface area contributed by atoms with E-state index in [2.05, 4.69) is 9.88 Å². The molecule has 4 nitrogen and oxygen atoms in total. The fourth-order valence-corrected chi connectivity index (χ4v) is 5.18. The first-order valence-corrected chi connectivity index (χ1v) is 10.2. The maximum absolute atomic E-state index is 11.5. The zero-order chi connectivity index (χ0) is 14.6. The lowest BCUT2D eigenvalue weighted by molar-refractivity contribution is 0.222. The number of hydrogen-bond donors (Lipinski definition) is 0. The lowest BCUT2D eigenvalue weighted by Gasteiger charge is -2.32. The SMILES string of the molecule is CC1CS(=O)(=O)CCN1CCCCc1nc(CCl)cs1. The highest BCUT2D eigenvalue weighted by Crippen LogP contribution is 2.16. The highest BCUT2D eigenvalue weighted by atomic mass is 35.5. The summed E-state index contributed by atoms with van der Waals surface area (Å²) in [5, 5.41) is 3.16. The Kier molecular flexibility index (Phi) is 5.84. The Bertz CT molecular complexity index is 530. The van der Waals surface area contributed by atoms with Gasteiger partial charge in [-0.05, 0) is 32.7 Å². The van der Waals surface area contributed by atoms with Crippen LogP contribution in [-0.4, -0.2) is 48.9 Å². The zero-order valence-corrected chi connectivity index (χ0v) is 14.1. The van der Waals surface area contributed by atoms with Crippen LogP contribution in [0, 0.1) is 0 Å². The van der Waals surface area contributed by atoms with Gasteiger partial charge in [0.25, 0.3) is 0 Å². The van der Waals surface area contributed by atoms with E-state index in [0.717, 1.165) is 36.5 Å². The molecule has 1 aliphatic heterocycles. The van der Waals surface area contributed by atoms with E-state index in [0.29, 0.717) is 23.9 Å². The van der Waals surface area contributed by atoms with Crippen molar-refractivity contribution in [1.29, 1.82) is 0 Å². The molecule has 1 fully saturated rings. The summed E-state index contributed by atoms with van der Waals surface area (Å²) >= 11 is 7.40. The molecule has 20 heavy (non-hydrogen) atoms. The number of alkyl halides is 1. The third-order valence-corrected chi connectivity index (χ3v) is 6.66. The summed E-state index contributed by atoms with van der Waals surface area (Å²) in [6.45, 7) is 3.66. The summed E-state index contributed by atoms with van der Waals surface area (Å²) in [4.78, 5) is 6.73. The smallest absolute Gasteiger partial charge is 0.153 e. The largest absolute Gasteiger partial charge is 0.299 e. The normalized spacial score (nSPS) is 23.0. The van der Waals surface area contributed by atoms with Gasteiger partial charge in [0.15, 0.2) is 9.84 Å². The van der Waals surface area contributed by atoms with Crippen LogP contribution in [-0.2, 0) is 22.1 Å². The van der Waals surface area contributed by atoms with Crippen molar-refractivity contribution in [2.75, 3.05) is 24.6 Å². The number of halogens is 1. The van der Waals surface area contributed by atoms with E-state index in [1.807, 2.05) is 12.3 Å². The standard InChI is InChI=1S/C13H21ClN2O2S2/c1-11-10-20(17,18)7-6-16(11)5-3-2-4-13-15-12(8-14)9-19-13/h9,11H,2-8,10H2,1H3. The molecule has 0 aliphatic carbocycles. The van der Waals surface area contributed by atoms with Gasteiger partial charge in [0.05, 0.1) is 28.1 Å². The fourth-order valence-electron chi connectivity index (χ4n) is 2.48. The van der Waals surface area contributed by atoms with Gasteiger partial charge in [-0.15, -0.1) is 22.9 Å². The Balaban J connectivity index is 1.68. The first-order valence-electron chi connectivity index (χ1n) is 6.94. The number of unbranched alkanes of at least 4 members (excludes halogenated alkanes) is 1. The molecule has 7 heteroatoms. The fraction of sp³-hybridized carbons (Fsp3) is 0.769. The molecule has 0 saturated carbocycles. The van der Waals surface area contributed by atoms with Gasteiger partial charge < -0.3 is 0 Å².